The molecular weight excluding hydrogens is 314 g/mol. The van der Waals surface area contributed by atoms with Crippen molar-refractivity contribution in [2.24, 2.45) is 7.05 Å². The van der Waals surface area contributed by atoms with E-state index in [2.05, 4.69) is 26.3 Å². The van der Waals surface area contributed by atoms with Gasteiger partial charge >= 0.3 is 0 Å². The van der Waals surface area contributed by atoms with Gasteiger partial charge in [0.1, 0.15) is 0 Å². The minimum Gasteiger partial charge on any atom is -0.351 e. The minimum atomic E-state index is -0.0234. The Bertz CT molecular complexity index is 542. The smallest absolute Gasteiger partial charge is 0.261 e. The van der Waals surface area contributed by atoms with Crippen LogP contribution in [0, 0.1) is 6.92 Å². The molecule has 2 rings (SSSR count). The van der Waals surface area contributed by atoms with Gasteiger partial charge in [0.05, 0.1) is 14.4 Å². The largest absolute Gasteiger partial charge is 0.351 e. The van der Waals surface area contributed by atoms with Gasteiger partial charge in [-0.25, -0.2) is 0 Å². The molecule has 2 aromatic heterocycles. The zero-order valence-corrected chi connectivity index (χ0v) is 12.6. The van der Waals surface area contributed by atoms with E-state index in [1.54, 1.807) is 4.68 Å². The molecule has 6 heteroatoms. The summed E-state index contributed by atoms with van der Waals surface area (Å²) in [6.07, 6.45) is 2.65. The lowest BCUT2D eigenvalue weighted by Crippen LogP contribution is -2.25. The molecule has 0 atom stereocenters. The molecule has 96 valence electrons. The molecule has 0 saturated carbocycles. The molecule has 0 aliphatic heterocycles. The van der Waals surface area contributed by atoms with Crippen molar-refractivity contribution in [1.29, 1.82) is 0 Å². The number of hydrogen-bond donors (Lipinski definition) is 1. The monoisotopic (exact) mass is 327 g/mol. The Morgan fingerprint density at radius 3 is 2.94 bits per heavy atom. The summed E-state index contributed by atoms with van der Waals surface area (Å²) in [4.78, 5) is 12.6. The third-order valence-corrected chi connectivity index (χ3v) is 4.65. The SMILES string of the molecule is Cc1cc(C(=O)NCCc2ccn(C)n2)sc1Br. The number of amides is 1. The first-order valence-electron chi connectivity index (χ1n) is 5.59. The van der Waals surface area contributed by atoms with Crippen LogP contribution in [0.2, 0.25) is 0 Å². The number of nitrogens with one attached hydrogen (secondary N) is 1. The normalized spacial score (nSPS) is 10.6. The van der Waals surface area contributed by atoms with Gasteiger partial charge in [-0.1, -0.05) is 0 Å². The summed E-state index contributed by atoms with van der Waals surface area (Å²) in [5, 5.41) is 7.16. The van der Waals surface area contributed by atoms with E-state index in [9.17, 15) is 4.79 Å². The second-order valence-electron chi connectivity index (χ2n) is 4.05. The van der Waals surface area contributed by atoms with Crippen LogP contribution < -0.4 is 5.32 Å². The Hall–Kier alpha value is -1.14. The molecule has 0 bridgehead atoms. The van der Waals surface area contributed by atoms with Gasteiger partial charge in [-0.05, 0) is 40.5 Å². The number of aromatic nitrogens is 2. The van der Waals surface area contributed by atoms with Crippen LogP contribution >= 0.6 is 27.3 Å². The lowest BCUT2D eigenvalue weighted by Gasteiger charge is -2.01. The van der Waals surface area contributed by atoms with E-state index in [0.717, 1.165) is 26.3 Å². The maximum Gasteiger partial charge on any atom is 0.261 e. The van der Waals surface area contributed by atoms with Crippen LogP contribution in [-0.2, 0) is 13.5 Å². The van der Waals surface area contributed by atoms with Crippen LogP contribution in [0.15, 0.2) is 22.1 Å². The van der Waals surface area contributed by atoms with Crippen molar-refractivity contribution in [2.45, 2.75) is 13.3 Å². The number of rotatable bonds is 4. The highest BCUT2D eigenvalue weighted by Gasteiger charge is 2.10. The molecule has 0 fully saturated rings. The maximum atomic E-state index is 11.9. The van der Waals surface area contributed by atoms with E-state index in [0.29, 0.717) is 6.54 Å². The highest BCUT2D eigenvalue weighted by atomic mass is 79.9. The van der Waals surface area contributed by atoms with Gasteiger partial charge in [-0.2, -0.15) is 5.10 Å². The average molecular weight is 328 g/mol. The van der Waals surface area contributed by atoms with Crippen LogP contribution in [0.3, 0.4) is 0 Å². The van der Waals surface area contributed by atoms with Crippen molar-refractivity contribution >= 4 is 33.2 Å². The molecule has 0 aromatic carbocycles. The van der Waals surface area contributed by atoms with E-state index in [-0.39, 0.29) is 5.91 Å². The number of carbonyl (C=O) groups is 1. The Balaban J connectivity index is 1.85. The van der Waals surface area contributed by atoms with Gasteiger partial charge in [0, 0.05) is 26.2 Å². The lowest BCUT2D eigenvalue weighted by molar-refractivity contribution is 0.0958. The standard InChI is InChI=1S/C12H14BrN3OS/c1-8-7-10(18-11(8)13)12(17)14-5-3-9-4-6-16(2)15-9/h4,6-7H,3,5H2,1-2H3,(H,14,17). The third-order valence-electron chi connectivity index (χ3n) is 2.52. The topological polar surface area (TPSA) is 46.9 Å². The molecule has 18 heavy (non-hydrogen) atoms. The summed E-state index contributed by atoms with van der Waals surface area (Å²) < 4.78 is 2.77. The molecule has 0 radical (unpaired) electrons. The Morgan fingerprint density at radius 1 is 1.61 bits per heavy atom. The van der Waals surface area contributed by atoms with Gasteiger partial charge < -0.3 is 5.32 Å². The summed E-state index contributed by atoms with van der Waals surface area (Å²) in [5.41, 5.74) is 2.08. The van der Waals surface area contributed by atoms with Crippen LogP contribution in [0.25, 0.3) is 0 Å². The first kappa shape index (κ1) is 13.3. The van der Waals surface area contributed by atoms with E-state index >= 15 is 0 Å². The van der Waals surface area contributed by atoms with Crippen LogP contribution in [-0.4, -0.2) is 22.2 Å². The van der Waals surface area contributed by atoms with Gasteiger partial charge in [0.15, 0.2) is 0 Å². The van der Waals surface area contributed by atoms with Crippen LogP contribution in [0.4, 0.5) is 0 Å². The molecule has 2 heterocycles. The van der Waals surface area contributed by atoms with Crippen molar-refractivity contribution in [1.82, 2.24) is 15.1 Å². The number of halogens is 1. The van der Waals surface area contributed by atoms with Crippen LogP contribution in [0.5, 0.6) is 0 Å². The Morgan fingerprint density at radius 2 is 2.39 bits per heavy atom. The molecule has 1 N–H and O–H groups in total. The third kappa shape index (κ3) is 3.20. The maximum absolute atomic E-state index is 11.9. The zero-order chi connectivity index (χ0) is 13.1. The molecular formula is C12H14BrN3OS. The van der Waals surface area contributed by atoms with Crippen molar-refractivity contribution in [2.75, 3.05) is 6.54 Å². The quantitative estimate of drug-likeness (QED) is 0.937. The van der Waals surface area contributed by atoms with Crippen molar-refractivity contribution in [3.63, 3.8) is 0 Å². The van der Waals surface area contributed by atoms with Gasteiger partial charge in [-0.15, -0.1) is 11.3 Å². The second kappa shape index (κ2) is 5.67. The highest BCUT2D eigenvalue weighted by molar-refractivity contribution is 9.11. The first-order chi connectivity index (χ1) is 8.56. The fourth-order valence-corrected chi connectivity index (χ4v) is 3.01. The molecule has 4 nitrogen and oxygen atoms in total. The molecule has 0 unspecified atom stereocenters. The number of nitrogens with zero attached hydrogens (tertiary/aromatic N) is 2. The van der Waals surface area contributed by atoms with E-state index in [4.69, 9.17) is 0 Å². The fourth-order valence-electron chi connectivity index (χ4n) is 1.56. The Labute approximate surface area is 118 Å². The molecule has 0 aliphatic rings. The second-order valence-corrected chi connectivity index (χ2v) is 6.42. The number of thiophene rings is 1. The number of hydrogen-bond acceptors (Lipinski definition) is 3. The predicted octanol–water partition coefficient (Wildman–Crippen LogP) is 2.53. The predicted molar refractivity (Wildman–Crippen MR) is 76.0 cm³/mol. The van der Waals surface area contributed by atoms with E-state index < -0.39 is 0 Å². The molecule has 1 amide bonds. The number of aryl methyl sites for hydroxylation is 2. The average Bonchev–Trinajstić information content (AvgIpc) is 2.87. The molecule has 2 aromatic rings. The van der Waals surface area contributed by atoms with Gasteiger partial charge in [0.2, 0.25) is 0 Å². The number of carbonyl (C=O) groups excluding carboxylic acids is 1. The summed E-state index contributed by atoms with van der Waals surface area (Å²) in [7, 11) is 1.88. The van der Waals surface area contributed by atoms with E-state index in [1.165, 1.54) is 11.3 Å². The summed E-state index contributed by atoms with van der Waals surface area (Å²) in [5.74, 6) is -0.0234. The molecule has 0 spiro atoms. The van der Waals surface area contributed by atoms with E-state index in [1.807, 2.05) is 32.3 Å². The summed E-state index contributed by atoms with van der Waals surface area (Å²) in [6.45, 7) is 2.58. The first-order valence-corrected chi connectivity index (χ1v) is 7.20. The molecule has 0 aliphatic carbocycles. The zero-order valence-electron chi connectivity index (χ0n) is 10.2. The fraction of sp³-hybridized carbons (Fsp3) is 0.333. The molecule has 0 saturated heterocycles. The van der Waals surface area contributed by atoms with Crippen molar-refractivity contribution in [3.05, 3.63) is 38.3 Å². The van der Waals surface area contributed by atoms with Crippen molar-refractivity contribution < 1.29 is 4.79 Å². The van der Waals surface area contributed by atoms with Gasteiger partial charge in [-0.3, -0.25) is 9.48 Å². The van der Waals surface area contributed by atoms with Gasteiger partial charge in [0.25, 0.3) is 5.91 Å². The summed E-state index contributed by atoms with van der Waals surface area (Å²) in [6, 6.07) is 3.85. The summed E-state index contributed by atoms with van der Waals surface area (Å²) >= 11 is 4.88. The van der Waals surface area contributed by atoms with Crippen LogP contribution in [0.1, 0.15) is 20.9 Å². The highest BCUT2D eigenvalue weighted by Crippen LogP contribution is 2.27. The Kier molecular flexibility index (Phi) is 4.19. The lowest BCUT2D eigenvalue weighted by atomic mass is 10.3. The van der Waals surface area contributed by atoms with Crippen molar-refractivity contribution in [3.8, 4) is 0 Å². The minimum absolute atomic E-state index is 0.0234.